The molecule has 0 saturated carbocycles. The third kappa shape index (κ3) is 3.72. The van der Waals surface area contributed by atoms with Crippen LogP contribution in [0.5, 0.6) is 0 Å². The second-order valence-corrected chi connectivity index (χ2v) is 5.50. The lowest BCUT2D eigenvalue weighted by molar-refractivity contribution is -0.111. The van der Waals surface area contributed by atoms with Crippen LogP contribution in [0, 0.1) is 11.3 Å². The highest BCUT2D eigenvalue weighted by molar-refractivity contribution is 6.44. The zero-order chi connectivity index (χ0) is 19.4. The van der Waals surface area contributed by atoms with Crippen molar-refractivity contribution in [3.05, 3.63) is 60.2 Å². The minimum Gasteiger partial charge on any atom is -0.478 e. The highest BCUT2D eigenvalue weighted by atomic mass is 16.4. The van der Waals surface area contributed by atoms with Gasteiger partial charge in [-0.1, -0.05) is 30.3 Å². The van der Waals surface area contributed by atoms with Gasteiger partial charge in [0.1, 0.15) is 6.07 Å². The number of nitrogens with one attached hydrogen (secondary N) is 1. The van der Waals surface area contributed by atoms with E-state index >= 15 is 0 Å². The molecule has 1 heterocycles. The van der Waals surface area contributed by atoms with Crippen molar-refractivity contribution in [1.29, 1.82) is 5.26 Å². The van der Waals surface area contributed by atoms with Crippen LogP contribution in [0.4, 0.5) is 5.69 Å². The lowest BCUT2D eigenvalue weighted by atomic mass is 10.0. The van der Waals surface area contributed by atoms with Crippen molar-refractivity contribution >= 4 is 34.2 Å². The Balaban J connectivity index is 1.95. The molecule has 27 heavy (non-hydrogen) atoms. The number of aromatic nitrogens is 1. The molecule has 2 aromatic carbocycles. The number of anilines is 1. The van der Waals surface area contributed by atoms with E-state index in [1.807, 2.05) is 0 Å². The van der Waals surface area contributed by atoms with E-state index < -0.39 is 17.6 Å². The topological polar surface area (TPSA) is 141 Å². The molecule has 3 rings (SSSR count). The number of benzene rings is 2. The third-order valence-corrected chi connectivity index (χ3v) is 3.76. The van der Waals surface area contributed by atoms with E-state index in [9.17, 15) is 14.7 Å². The lowest BCUT2D eigenvalue weighted by Crippen LogP contribution is -2.22. The first kappa shape index (κ1) is 17.6. The number of hydrogen-bond donors (Lipinski definition) is 3. The molecule has 1 aromatic heterocycles. The van der Waals surface area contributed by atoms with Gasteiger partial charge in [-0.2, -0.15) is 10.4 Å². The summed E-state index contributed by atoms with van der Waals surface area (Å²) in [7, 11) is 0. The van der Waals surface area contributed by atoms with Gasteiger partial charge in [0, 0.05) is 10.9 Å². The van der Waals surface area contributed by atoms with Gasteiger partial charge in [-0.25, -0.2) is 9.78 Å². The predicted octanol–water partition coefficient (Wildman–Crippen LogP) is 2.38. The van der Waals surface area contributed by atoms with Crippen LogP contribution in [0.15, 0.2) is 59.7 Å². The van der Waals surface area contributed by atoms with E-state index in [1.54, 1.807) is 54.6 Å². The number of hydrogen-bond acceptors (Lipinski definition) is 6. The molecule has 4 N–H and O–H groups in total. The number of primary amides is 1. The number of para-hydroxylation sites is 1. The second kappa shape index (κ2) is 7.33. The third-order valence-electron chi connectivity index (χ3n) is 3.76. The van der Waals surface area contributed by atoms with Gasteiger partial charge >= 0.3 is 5.97 Å². The summed E-state index contributed by atoms with van der Waals surface area (Å²) in [5.74, 6) is -1.96. The zero-order valence-electron chi connectivity index (χ0n) is 13.9. The molecule has 0 unspecified atom stereocenters. The average molecular weight is 359 g/mol. The highest BCUT2D eigenvalue weighted by Crippen LogP contribution is 2.26. The molecule has 0 saturated heterocycles. The number of fused-ring (bicyclic) bond motifs is 1. The highest BCUT2D eigenvalue weighted by Gasteiger charge is 2.12. The van der Waals surface area contributed by atoms with Crippen molar-refractivity contribution < 1.29 is 14.7 Å². The number of carbonyl (C=O) groups excluding carboxylic acids is 1. The predicted molar refractivity (Wildman–Crippen MR) is 100 cm³/mol. The molecule has 0 fully saturated rings. The molecule has 132 valence electrons. The van der Waals surface area contributed by atoms with Gasteiger partial charge in [0.25, 0.3) is 5.91 Å². The van der Waals surface area contributed by atoms with Crippen molar-refractivity contribution in [2.45, 2.75) is 0 Å². The van der Waals surface area contributed by atoms with Crippen LogP contribution >= 0.6 is 0 Å². The number of rotatable bonds is 5. The van der Waals surface area contributed by atoms with E-state index in [2.05, 4.69) is 15.5 Å². The quantitative estimate of drug-likeness (QED) is 0.472. The fraction of sp³-hybridized carbons (Fsp3) is 0. The minimum atomic E-state index is -1.03. The summed E-state index contributed by atoms with van der Waals surface area (Å²) in [6.07, 6.45) is 0. The van der Waals surface area contributed by atoms with Gasteiger partial charge in [-0.15, -0.1) is 0 Å². The Kier molecular flexibility index (Phi) is 4.77. The molecule has 0 radical (unpaired) electrons. The first-order valence-electron chi connectivity index (χ1n) is 7.76. The summed E-state index contributed by atoms with van der Waals surface area (Å²) >= 11 is 0. The molecular weight excluding hydrogens is 346 g/mol. The molecule has 0 aliphatic rings. The van der Waals surface area contributed by atoms with Crippen LogP contribution in [0.25, 0.3) is 22.2 Å². The molecule has 0 aliphatic carbocycles. The van der Waals surface area contributed by atoms with Crippen molar-refractivity contribution in [3.8, 4) is 17.3 Å². The van der Waals surface area contributed by atoms with Crippen molar-refractivity contribution in [1.82, 2.24) is 4.98 Å². The fourth-order valence-electron chi connectivity index (χ4n) is 2.47. The Morgan fingerprint density at radius 2 is 1.85 bits per heavy atom. The summed E-state index contributed by atoms with van der Waals surface area (Å²) in [5, 5.41) is 22.4. The van der Waals surface area contributed by atoms with Crippen LogP contribution in [0.1, 0.15) is 10.4 Å². The average Bonchev–Trinajstić information content (AvgIpc) is 2.67. The number of amides is 1. The molecule has 0 aliphatic heterocycles. The van der Waals surface area contributed by atoms with Crippen LogP contribution < -0.4 is 11.2 Å². The molecule has 0 spiro atoms. The summed E-state index contributed by atoms with van der Waals surface area (Å²) in [5.41, 5.74) is 9.61. The van der Waals surface area contributed by atoms with Gasteiger partial charge < -0.3 is 10.8 Å². The van der Waals surface area contributed by atoms with Crippen molar-refractivity contribution in [2.24, 2.45) is 10.8 Å². The van der Waals surface area contributed by atoms with Crippen LogP contribution in [-0.2, 0) is 4.79 Å². The summed E-state index contributed by atoms with van der Waals surface area (Å²) in [4.78, 5) is 27.0. The van der Waals surface area contributed by atoms with E-state index in [0.717, 1.165) is 0 Å². The van der Waals surface area contributed by atoms with Crippen LogP contribution in [-0.4, -0.2) is 27.7 Å². The Hall–Kier alpha value is -4.25. The zero-order valence-corrected chi connectivity index (χ0v) is 13.9. The number of carboxylic acids is 1. The Bertz CT molecular complexity index is 1110. The summed E-state index contributed by atoms with van der Waals surface area (Å²) in [6, 6.07) is 16.9. The van der Waals surface area contributed by atoms with E-state index in [4.69, 9.17) is 11.0 Å². The molecule has 3 aromatic rings. The fourth-order valence-corrected chi connectivity index (χ4v) is 2.47. The smallest absolute Gasteiger partial charge is 0.336 e. The van der Waals surface area contributed by atoms with Gasteiger partial charge in [0.2, 0.25) is 5.71 Å². The number of pyridine rings is 1. The molecule has 0 atom stereocenters. The van der Waals surface area contributed by atoms with E-state index in [-0.39, 0.29) is 5.56 Å². The number of carbonyl (C=O) groups is 2. The van der Waals surface area contributed by atoms with Crippen molar-refractivity contribution in [2.75, 3.05) is 5.43 Å². The minimum absolute atomic E-state index is 0.169. The maximum absolute atomic E-state index is 11.6. The van der Waals surface area contributed by atoms with Crippen LogP contribution in [0.3, 0.4) is 0 Å². The van der Waals surface area contributed by atoms with Crippen LogP contribution in [0.2, 0.25) is 0 Å². The Labute approximate surface area is 153 Å². The number of carboxylic acid groups (broad SMARTS) is 1. The monoisotopic (exact) mass is 359 g/mol. The molecular formula is C19H13N5O3. The SMILES string of the molecule is N#C/C(=N/Nc1ccc(-c2cc(C(=O)O)c3ccccc3n2)cc1)C(N)=O. The first-order chi connectivity index (χ1) is 13.0. The van der Waals surface area contributed by atoms with Gasteiger partial charge in [0.05, 0.1) is 22.5 Å². The summed E-state index contributed by atoms with van der Waals surface area (Å²) in [6.45, 7) is 0. The van der Waals surface area contributed by atoms with Crippen molar-refractivity contribution in [3.63, 3.8) is 0 Å². The standard InChI is InChI=1S/C19H13N5O3/c20-10-17(18(21)25)24-23-12-7-5-11(6-8-12)16-9-14(19(26)27)13-3-1-2-4-15(13)22-16/h1-9,23H,(H2,21,25)(H,26,27)/b24-17-. The molecule has 8 nitrogen and oxygen atoms in total. The number of aromatic carboxylic acids is 1. The first-order valence-corrected chi connectivity index (χ1v) is 7.76. The molecule has 0 bridgehead atoms. The second-order valence-electron chi connectivity index (χ2n) is 5.50. The van der Waals surface area contributed by atoms with E-state index in [1.165, 1.54) is 6.07 Å². The Morgan fingerprint density at radius 3 is 2.48 bits per heavy atom. The number of nitriles is 1. The molecule has 1 amide bonds. The van der Waals surface area contributed by atoms with Gasteiger partial charge in [0.15, 0.2) is 0 Å². The maximum Gasteiger partial charge on any atom is 0.336 e. The van der Waals surface area contributed by atoms with E-state index in [0.29, 0.717) is 27.8 Å². The van der Waals surface area contributed by atoms with Gasteiger partial charge in [-0.3, -0.25) is 10.2 Å². The lowest BCUT2D eigenvalue weighted by Gasteiger charge is -2.08. The van der Waals surface area contributed by atoms with Gasteiger partial charge in [-0.05, 0) is 24.3 Å². The maximum atomic E-state index is 11.6. The number of nitrogens with two attached hydrogens (primary N) is 1. The number of nitrogens with zero attached hydrogens (tertiary/aromatic N) is 3. The Morgan fingerprint density at radius 1 is 1.15 bits per heavy atom. The molecule has 8 heteroatoms. The summed E-state index contributed by atoms with van der Waals surface area (Å²) < 4.78 is 0. The number of hydrazone groups is 1. The normalized spacial score (nSPS) is 11.0. The largest absolute Gasteiger partial charge is 0.478 e.